The number of hydrogen-bond acceptors (Lipinski definition) is 0. The van der Waals surface area contributed by atoms with Gasteiger partial charge in [-0.3, -0.25) is 0 Å². The largest absolute Gasteiger partial charge is 0 e. The van der Waals surface area contributed by atoms with Crippen LogP contribution >= 0.6 is 7.92 Å². The molecule has 1 aliphatic heterocycles. The fourth-order valence-corrected chi connectivity index (χ4v) is 3.98. The maximum atomic E-state index is 7.50. The molecule has 1 rings (SSSR count). The van der Waals surface area contributed by atoms with Crippen LogP contribution in [0.4, 0.5) is 0 Å². The zero-order valence-electron chi connectivity index (χ0n) is 11.8. The second-order valence-corrected chi connectivity index (χ2v) is 4.80. The quantitative estimate of drug-likeness (QED) is 0.256. The Morgan fingerprint density at radius 1 is 0.810 bits per heavy atom. The molecule has 0 amide bonds. The molecule has 0 aromatic rings. The molecule has 0 unspecified atom stereocenters. The molecule has 112 valence electrons. The first kappa shape index (κ1) is 37.0. The Hall–Kier alpha value is -0.702. The van der Waals surface area contributed by atoms with Crippen LogP contribution in [0.3, 0.4) is 0 Å². The summed E-state index contributed by atoms with van der Waals surface area (Å²) in [6.07, 6.45) is 5.86. The van der Waals surface area contributed by atoms with Gasteiger partial charge in [0.1, 0.15) is 0 Å². The molecule has 0 fully saturated rings. The van der Waals surface area contributed by atoms with Gasteiger partial charge in [0, 0.05) is 21.1 Å². The summed E-state index contributed by atoms with van der Waals surface area (Å²) in [5.41, 5.74) is 0. The van der Waals surface area contributed by atoms with Crippen molar-refractivity contribution in [2.75, 3.05) is 6.16 Å². The van der Waals surface area contributed by atoms with Crippen LogP contribution in [0.15, 0.2) is 23.3 Å². The summed E-state index contributed by atoms with van der Waals surface area (Å²) in [7, 11) is 0.238. The van der Waals surface area contributed by atoms with Gasteiger partial charge in [0.2, 0.25) is 0 Å². The Bertz CT molecular complexity index is 304. The predicted molar refractivity (Wildman–Crippen MR) is 69.2 cm³/mol. The van der Waals surface area contributed by atoms with Gasteiger partial charge in [-0.1, -0.05) is 19.9 Å². The first-order valence-corrected chi connectivity index (χ1v) is 6.50. The van der Waals surface area contributed by atoms with Crippen LogP contribution in [0.2, 0.25) is 0 Å². The van der Waals surface area contributed by atoms with Gasteiger partial charge in [0.25, 0.3) is 0 Å². The molecule has 0 atom stereocenters. The molecule has 0 aliphatic carbocycles. The van der Waals surface area contributed by atoms with Crippen LogP contribution in [0.25, 0.3) is 0 Å². The summed E-state index contributed by atoms with van der Waals surface area (Å²) >= 11 is 0. The van der Waals surface area contributed by atoms with Gasteiger partial charge in [-0.2, -0.15) is 0 Å². The van der Waals surface area contributed by atoms with Crippen molar-refractivity contribution < 1.29 is 44.3 Å². The zero-order chi connectivity index (χ0) is 17.6. The van der Waals surface area contributed by atoms with E-state index in [2.05, 4.69) is 59.8 Å². The van der Waals surface area contributed by atoms with Gasteiger partial charge >= 0.3 is 56.5 Å². The van der Waals surface area contributed by atoms with E-state index >= 15 is 0 Å². The Morgan fingerprint density at radius 2 is 1.05 bits per heavy atom. The van der Waals surface area contributed by atoms with Crippen LogP contribution in [0, 0.1) is 33.3 Å². The Morgan fingerprint density at radius 3 is 1.19 bits per heavy atom. The Kier molecular flexibility index (Phi) is 75.2. The number of rotatable bonds is 4. The smallest absolute Gasteiger partial charge is 0 e. The predicted octanol–water partition coefficient (Wildman–Crippen LogP) is 3.51. The summed E-state index contributed by atoms with van der Waals surface area (Å²) in [6.45, 7) is 30.8. The van der Waals surface area contributed by atoms with Crippen LogP contribution in [0.1, 0.15) is 26.7 Å². The van der Waals surface area contributed by atoms with E-state index in [0.29, 0.717) is 0 Å². The Labute approximate surface area is 141 Å². The van der Waals surface area contributed by atoms with E-state index in [0.717, 1.165) is 0 Å². The summed E-state index contributed by atoms with van der Waals surface area (Å²) in [4.78, 5) is 0. The number of hydrogen-bond donors (Lipinski definition) is 0. The van der Waals surface area contributed by atoms with E-state index in [9.17, 15) is 0 Å². The Balaban J connectivity index is -0.0000000440. The molecule has 0 spiro atoms. The molecule has 0 radical (unpaired) electrons. The fourth-order valence-electron chi connectivity index (χ4n) is 1.42. The van der Waals surface area contributed by atoms with Gasteiger partial charge in [-0.15, -0.1) is 6.58 Å². The minimum Gasteiger partial charge on any atom is 0 e. The first-order valence-electron chi connectivity index (χ1n) is 4.97. The number of allylic oxidation sites excluding steroid dienone is 3. The van der Waals surface area contributed by atoms with E-state index < -0.39 is 0 Å². The molecule has 0 aromatic heterocycles. The van der Waals surface area contributed by atoms with E-state index in [4.69, 9.17) is 23.3 Å². The second kappa shape index (κ2) is 42.7. The summed E-state index contributed by atoms with van der Waals surface area (Å²) in [5.74, 6) is 0. The molecule has 0 bridgehead atoms. The van der Waals surface area contributed by atoms with Crippen molar-refractivity contribution in [3.8, 4) is 0 Å². The average molecular weight is 478 g/mol. The van der Waals surface area contributed by atoms with E-state index in [1.807, 2.05) is 0 Å². The molecule has 5 nitrogen and oxygen atoms in total. The van der Waals surface area contributed by atoms with Gasteiger partial charge in [-0.05, 0) is 37.6 Å². The van der Waals surface area contributed by atoms with Crippen LogP contribution in [0.5, 0.6) is 0 Å². The fraction of sp³-hybridized carbons (Fsp3) is 0.357. The summed E-state index contributed by atoms with van der Waals surface area (Å²) in [6, 6.07) is 0. The normalized spacial score (nSPS) is 8.95. The van der Waals surface area contributed by atoms with Crippen molar-refractivity contribution in [2.24, 2.45) is 0 Å². The molecule has 1 aliphatic rings. The van der Waals surface area contributed by atoms with Crippen molar-refractivity contribution >= 4 is 7.92 Å². The van der Waals surface area contributed by atoms with Crippen molar-refractivity contribution in [3.05, 3.63) is 56.5 Å². The molecule has 1 heterocycles. The van der Waals surface area contributed by atoms with Gasteiger partial charge in [-0.25, -0.2) is 0 Å². The summed E-state index contributed by atoms with van der Waals surface area (Å²) in [5, 5.41) is 3.52. The van der Waals surface area contributed by atoms with Crippen molar-refractivity contribution in [1.29, 1.82) is 0 Å². The van der Waals surface area contributed by atoms with Crippen LogP contribution in [-0.2, 0) is 44.3 Å². The molecule has 0 saturated carbocycles. The van der Waals surface area contributed by atoms with Gasteiger partial charge in [0.05, 0.1) is 0 Å². The molecule has 0 saturated heterocycles. The monoisotopic (exact) mass is 478 g/mol. The molecule has 21 heavy (non-hydrogen) atoms. The third-order valence-corrected chi connectivity index (χ3v) is 4.79. The molecule has 7 heteroatoms. The van der Waals surface area contributed by atoms with Crippen LogP contribution in [-0.4, -0.2) is 6.16 Å². The maximum Gasteiger partial charge on any atom is 0 e. The van der Waals surface area contributed by atoms with Crippen LogP contribution < -0.4 is 0 Å². The maximum absolute atomic E-state index is 7.50. The van der Waals surface area contributed by atoms with E-state index in [-0.39, 0.29) is 29.0 Å². The SMILES string of the molecule is C=CCP1C(CC)=C1CC.[C-]#[O+].[C-]#[O+].[C-]#[O+].[C-]#[O+].[C-]#[O+].[W]. The van der Waals surface area contributed by atoms with E-state index in [1.54, 1.807) is 10.6 Å². The van der Waals surface area contributed by atoms with E-state index in [1.165, 1.54) is 19.0 Å². The first-order chi connectivity index (χ1) is 9.85. The topological polar surface area (TPSA) is 99.5 Å². The van der Waals surface area contributed by atoms with Crippen molar-refractivity contribution in [2.45, 2.75) is 26.7 Å². The third kappa shape index (κ3) is 21.7. The average Bonchev–Trinajstić information content (AvgIpc) is 3.29. The molecule has 0 N–H and O–H groups in total. The van der Waals surface area contributed by atoms with Gasteiger partial charge in [0.15, 0.2) is 0 Å². The minimum absolute atomic E-state index is 0. The third-order valence-electron chi connectivity index (χ3n) is 1.92. The molecule has 0 aromatic carbocycles. The molecular formula is C14H15O5PW. The van der Waals surface area contributed by atoms with Crippen molar-refractivity contribution in [1.82, 2.24) is 0 Å². The zero-order valence-corrected chi connectivity index (χ0v) is 15.6. The standard InChI is InChI=1S/C9H15P.5CO.W/c1-4-7-10-8(5-2)9(10)6-3;5*1-2;/h4H,1,5-7H2,2-3H3;;;;;;. The minimum atomic E-state index is 0. The second-order valence-electron chi connectivity index (χ2n) is 2.50. The summed E-state index contributed by atoms with van der Waals surface area (Å²) < 4.78 is 37.5. The van der Waals surface area contributed by atoms with Gasteiger partial charge < -0.3 is 0 Å². The van der Waals surface area contributed by atoms with Crippen molar-refractivity contribution in [3.63, 3.8) is 0 Å². The molecular weight excluding hydrogens is 463 g/mol.